The van der Waals surface area contributed by atoms with Crippen LogP contribution in [0.4, 0.5) is 0 Å². The number of aromatic nitrogens is 2. The summed E-state index contributed by atoms with van der Waals surface area (Å²) in [6.45, 7) is 22.0. The number of aryl methyl sites for hydroxylation is 5. The number of carbonyl (C=O) groups is 3. The molecule has 2 aromatic heterocycles. The van der Waals surface area contributed by atoms with Gasteiger partial charge in [0.1, 0.15) is 25.9 Å². The van der Waals surface area contributed by atoms with Crippen LogP contribution in [0.25, 0.3) is 0 Å². The van der Waals surface area contributed by atoms with Crippen LogP contribution in [0.2, 0.25) is 0 Å². The van der Waals surface area contributed by atoms with Crippen molar-refractivity contribution in [1.82, 2.24) is 18.9 Å². The van der Waals surface area contributed by atoms with Crippen molar-refractivity contribution in [3.05, 3.63) is 82.9 Å². The van der Waals surface area contributed by atoms with Crippen LogP contribution in [0, 0.1) is 17.8 Å². The standard InChI is InChI=1S/C28H40N2O4.C17H28N2O3/c1-21-10-12-22(13-11-21)8-7-9-25(32)24-15-14-23(29(24)6)16-17-28(5)18-34-26(27(2,3)4)30(28)19-33-20-31;1-16(2,3)15-19(12-21-13-20)17(4,11-22-15)9-8-14-7-6-10-18(14)5/h10-15,20,26H,7-9,16-19H2,1-6H3;6-7,10,13,15H,8-9,11-12H2,1-5H3/t26-,28-;15-,17-/m11/s1. The van der Waals surface area contributed by atoms with Gasteiger partial charge in [-0.05, 0) is 89.1 Å². The van der Waals surface area contributed by atoms with Gasteiger partial charge in [-0.3, -0.25) is 14.4 Å². The Labute approximate surface area is 335 Å². The lowest BCUT2D eigenvalue weighted by atomic mass is 9.89. The summed E-state index contributed by atoms with van der Waals surface area (Å²) in [4.78, 5) is 38.7. The molecule has 0 aliphatic carbocycles. The summed E-state index contributed by atoms with van der Waals surface area (Å²) in [7, 11) is 4.04. The monoisotopic (exact) mass is 777 g/mol. The molecule has 4 heterocycles. The third-order valence-electron chi connectivity index (χ3n) is 11.5. The molecular formula is C45H68N4O7. The zero-order valence-corrected chi connectivity index (χ0v) is 35.9. The number of hydrogen-bond acceptors (Lipinski definition) is 9. The van der Waals surface area contributed by atoms with Crippen molar-refractivity contribution in [1.29, 1.82) is 0 Å². The van der Waals surface area contributed by atoms with E-state index in [1.807, 2.05) is 17.7 Å². The molecular weight excluding hydrogens is 709 g/mol. The van der Waals surface area contributed by atoms with E-state index in [1.54, 1.807) is 0 Å². The van der Waals surface area contributed by atoms with E-state index in [9.17, 15) is 14.4 Å². The molecule has 310 valence electrons. The normalized spacial score (nSPS) is 23.1. The zero-order valence-electron chi connectivity index (χ0n) is 35.9. The van der Waals surface area contributed by atoms with Crippen LogP contribution < -0.4 is 0 Å². The van der Waals surface area contributed by atoms with Gasteiger partial charge in [0, 0.05) is 60.0 Å². The van der Waals surface area contributed by atoms with E-state index < -0.39 is 0 Å². The minimum atomic E-state index is -0.260. The maximum absolute atomic E-state index is 12.9. The average Bonchev–Trinajstić information content (AvgIpc) is 3.90. The maximum Gasteiger partial charge on any atom is 0.294 e. The number of ketones is 1. The molecule has 0 N–H and O–H groups in total. The first-order valence-corrected chi connectivity index (χ1v) is 20.0. The molecule has 2 saturated heterocycles. The number of ether oxygens (including phenoxy) is 4. The van der Waals surface area contributed by atoms with Gasteiger partial charge in [-0.2, -0.15) is 0 Å². The highest BCUT2D eigenvalue weighted by molar-refractivity contribution is 5.94. The smallest absolute Gasteiger partial charge is 0.294 e. The largest absolute Gasteiger partial charge is 0.452 e. The second-order valence-electron chi connectivity index (χ2n) is 18.4. The fourth-order valence-electron chi connectivity index (χ4n) is 7.94. The van der Waals surface area contributed by atoms with Crippen LogP contribution in [-0.2, 0) is 61.9 Å². The second-order valence-corrected chi connectivity index (χ2v) is 18.4. The third kappa shape index (κ3) is 11.4. The molecule has 0 spiro atoms. The lowest BCUT2D eigenvalue weighted by Gasteiger charge is -2.39. The number of nitrogens with zero attached hydrogens (tertiary/aromatic N) is 4. The van der Waals surface area contributed by atoms with Crippen molar-refractivity contribution < 1.29 is 33.3 Å². The fourth-order valence-corrected chi connectivity index (χ4v) is 7.94. The average molecular weight is 777 g/mol. The van der Waals surface area contributed by atoms with Crippen LogP contribution in [-0.4, -0.2) is 87.9 Å². The topological polar surface area (TPSA) is 104 Å². The van der Waals surface area contributed by atoms with Crippen molar-refractivity contribution in [2.75, 3.05) is 26.7 Å². The van der Waals surface area contributed by atoms with E-state index in [0.29, 0.717) is 32.6 Å². The van der Waals surface area contributed by atoms with Crippen molar-refractivity contribution in [2.24, 2.45) is 24.9 Å². The molecule has 11 nitrogen and oxygen atoms in total. The number of Topliss-reactive ketones (excluding diaryl/α,β-unsaturated/α-hetero) is 1. The Kier molecular flexibility index (Phi) is 15.3. The van der Waals surface area contributed by atoms with Gasteiger partial charge in [0.15, 0.2) is 5.78 Å². The first-order valence-electron chi connectivity index (χ1n) is 20.0. The van der Waals surface area contributed by atoms with E-state index in [-0.39, 0.29) is 53.6 Å². The van der Waals surface area contributed by atoms with Gasteiger partial charge in [0.2, 0.25) is 0 Å². The van der Waals surface area contributed by atoms with Crippen LogP contribution in [0.3, 0.4) is 0 Å². The minimum Gasteiger partial charge on any atom is -0.452 e. The first-order chi connectivity index (χ1) is 26.3. The molecule has 3 aromatic rings. The Bertz CT molecular complexity index is 1720. The van der Waals surface area contributed by atoms with Gasteiger partial charge in [-0.1, -0.05) is 71.4 Å². The summed E-state index contributed by atoms with van der Waals surface area (Å²) in [6, 6.07) is 16.7. The van der Waals surface area contributed by atoms with E-state index >= 15 is 0 Å². The Morgan fingerprint density at radius 3 is 1.75 bits per heavy atom. The Balaban J connectivity index is 0.000000273. The Morgan fingerprint density at radius 1 is 0.768 bits per heavy atom. The Morgan fingerprint density at radius 2 is 1.29 bits per heavy atom. The molecule has 0 amide bonds. The molecule has 0 radical (unpaired) electrons. The number of rotatable bonds is 17. The molecule has 0 unspecified atom stereocenters. The summed E-state index contributed by atoms with van der Waals surface area (Å²) < 4.78 is 26.6. The molecule has 5 rings (SSSR count). The van der Waals surface area contributed by atoms with Gasteiger partial charge < -0.3 is 28.1 Å². The van der Waals surface area contributed by atoms with Crippen LogP contribution in [0.15, 0.2) is 54.7 Å². The number of hydrogen-bond donors (Lipinski definition) is 0. The minimum absolute atomic E-state index is 0.0328. The van der Waals surface area contributed by atoms with Crippen molar-refractivity contribution in [3.63, 3.8) is 0 Å². The van der Waals surface area contributed by atoms with Gasteiger partial charge in [-0.25, -0.2) is 9.80 Å². The predicted molar refractivity (Wildman–Crippen MR) is 219 cm³/mol. The van der Waals surface area contributed by atoms with Gasteiger partial charge in [0.05, 0.1) is 18.9 Å². The van der Waals surface area contributed by atoms with Crippen molar-refractivity contribution in [2.45, 2.75) is 131 Å². The predicted octanol–water partition coefficient (Wildman–Crippen LogP) is 7.62. The van der Waals surface area contributed by atoms with E-state index in [4.69, 9.17) is 18.9 Å². The summed E-state index contributed by atoms with van der Waals surface area (Å²) in [5, 5.41) is 0. The summed E-state index contributed by atoms with van der Waals surface area (Å²) in [5.74, 6) is 0.185. The quantitative estimate of drug-likeness (QED) is 0.101. The second kappa shape index (κ2) is 19.1. The zero-order chi connectivity index (χ0) is 41.3. The molecule has 0 saturated carbocycles. The van der Waals surface area contributed by atoms with Crippen molar-refractivity contribution in [3.8, 4) is 0 Å². The summed E-state index contributed by atoms with van der Waals surface area (Å²) in [5.41, 5.74) is 5.18. The van der Waals surface area contributed by atoms with E-state index in [1.165, 1.54) is 16.8 Å². The maximum atomic E-state index is 12.9. The third-order valence-corrected chi connectivity index (χ3v) is 11.5. The number of carbonyl (C=O) groups excluding carboxylic acids is 3. The summed E-state index contributed by atoms with van der Waals surface area (Å²) in [6.07, 6.45) is 7.75. The SMILES string of the molecule is Cc1ccc(CCCC(=O)c2ccc(CC[C@]3(C)CO[C@H](C(C)(C)C)N3COC=O)n2C)cc1.Cn1cccc1CC[C@]1(C)CO[C@H](C(C)(C)C)N1COC=O. The summed E-state index contributed by atoms with van der Waals surface area (Å²) >= 11 is 0. The lowest BCUT2D eigenvalue weighted by Crippen LogP contribution is -2.51. The number of benzene rings is 1. The highest BCUT2D eigenvalue weighted by atomic mass is 16.6. The molecule has 1 aromatic carbocycles. The molecule has 56 heavy (non-hydrogen) atoms. The Hall–Kier alpha value is -3.77. The first kappa shape index (κ1) is 44.9. The highest BCUT2D eigenvalue weighted by Gasteiger charge is 2.49. The van der Waals surface area contributed by atoms with Crippen LogP contribution in [0.1, 0.15) is 114 Å². The molecule has 2 aliphatic heterocycles. The lowest BCUT2D eigenvalue weighted by molar-refractivity contribution is -0.144. The molecule has 2 aliphatic rings. The fraction of sp³-hybridized carbons (Fsp3) is 0.622. The molecule has 2 fully saturated rings. The van der Waals surface area contributed by atoms with Gasteiger partial charge >= 0.3 is 0 Å². The molecule has 0 bridgehead atoms. The van der Waals surface area contributed by atoms with Gasteiger partial charge in [0.25, 0.3) is 12.9 Å². The van der Waals surface area contributed by atoms with Crippen molar-refractivity contribution >= 4 is 18.7 Å². The van der Waals surface area contributed by atoms with E-state index in [0.717, 1.165) is 49.9 Å². The van der Waals surface area contributed by atoms with E-state index in [2.05, 4.69) is 132 Å². The van der Waals surface area contributed by atoms with Gasteiger partial charge in [-0.15, -0.1) is 0 Å². The molecule has 11 heteroatoms. The van der Waals surface area contributed by atoms with Crippen LogP contribution >= 0.6 is 0 Å². The van der Waals surface area contributed by atoms with Crippen LogP contribution in [0.5, 0.6) is 0 Å². The molecule has 4 atom stereocenters. The highest BCUT2D eigenvalue weighted by Crippen LogP contribution is 2.40.